The van der Waals surface area contributed by atoms with Gasteiger partial charge in [-0.05, 0) is 18.6 Å². The third-order valence-corrected chi connectivity index (χ3v) is 2.86. The molecule has 3 N–H and O–H groups in total. The van der Waals surface area contributed by atoms with Crippen LogP contribution in [0.15, 0.2) is 24.3 Å². The molecule has 0 saturated heterocycles. The lowest BCUT2D eigenvalue weighted by Gasteiger charge is -2.19. The summed E-state index contributed by atoms with van der Waals surface area (Å²) in [4.78, 5) is 24.0. The normalized spacial score (nSPS) is 11.7. The lowest BCUT2D eigenvalue weighted by Crippen LogP contribution is -2.41. The van der Waals surface area contributed by atoms with E-state index in [-0.39, 0.29) is 12.3 Å². The summed E-state index contributed by atoms with van der Waals surface area (Å²) < 4.78 is 0. The third kappa shape index (κ3) is 4.17. The molecule has 0 radical (unpaired) electrons. The molecule has 1 aromatic rings. The number of carbonyl (C=O) groups is 2. The molecule has 0 spiro atoms. The number of amides is 2. The van der Waals surface area contributed by atoms with E-state index in [9.17, 15) is 14.7 Å². The van der Waals surface area contributed by atoms with Gasteiger partial charge in [-0.1, -0.05) is 13.0 Å². The van der Waals surface area contributed by atoms with E-state index in [1.54, 1.807) is 26.1 Å². The van der Waals surface area contributed by atoms with Gasteiger partial charge in [-0.2, -0.15) is 0 Å². The highest BCUT2D eigenvalue weighted by atomic mass is 16.4. The molecule has 0 heterocycles. The summed E-state index contributed by atoms with van der Waals surface area (Å²) in [5, 5.41) is 20.8. The second kappa shape index (κ2) is 6.63. The van der Waals surface area contributed by atoms with Gasteiger partial charge in [0.25, 0.3) is 0 Å². The number of phenolic OH excluding ortho intramolecular Hbond substituents is 1. The van der Waals surface area contributed by atoms with Gasteiger partial charge < -0.3 is 15.5 Å². The van der Waals surface area contributed by atoms with Gasteiger partial charge in [-0.25, -0.2) is 4.79 Å². The molecule has 104 valence electrons. The first-order valence-electron chi connectivity index (χ1n) is 5.99. The van der Waals surface area contributed by atoms with Gasteiger partial charge in [-0.3, -0.25) is 9.69 Å². The van der Waals surface area contributed by atoms with Crippen LogP contribution < -0.4 is 10.2 Å². The maximum absolute atomic E-state index is 11.8. The molecule has 1 rings (SSSR count). The number of hydrogen-bond donors (Lipinski definition) is 3. The average molecular weight is 266 g/mol. The van der Waals surface area contributed by atoms with Gasteiger partial charge in [0.2, 0.25) is 0 Å². The first-order valence-corrected chi connectivity index (χ1v) is 5.99. The topological polar surface area (TPSA) is 89.9 Å². The van der Waals surface area contributed by atoms with Crippen molar-refractivity contribution in [1.29, 1.82) is 0 Å². The van der Waals surface area contributed by atoms with E-state index in [1.807, 2.05) is 0 Å². The Morgan fingerprint density at radius 2 is 2.11 bits per heavy atom. The molecule has 6 nitrogen and oxygen atoms in total. The molecule has 19 heavy (non-hydrogen) atoms. The molecule has 0 aliphatic rings. The predicted octanol–water partition coefficient (Wildman–Crippen LogP) is 1.65. The number of anilines is 1. The number of aliphatic carboxylic acids is 1. The molecule has 0 aliphatic heterocycles. The second-order valence-corrected chi connectivity index (χ2v) is 4.21. The number of rotatable bonds is 5. The zero-order valence-corrected chi connectivity index (χ0v) is 11.0. The number of phenols is 1. The average Bonchev–Trinajstić information content (AvgIpc) is 2.38. The summed E-state index contributed by atoms with van der Waals surface area (Å²) >= 11 is 0. The van der Waals surface area contributed by atoms with Crippen molar-refractivity contribution in [3.8, 4) is 5.75 Å². The van der Waals surface area contributed by atoms with Gasteiger partial charge >= 0.3 is 12.0 Å². The van der Waals surface area contributed by atoms with Crippen LogP contribution in [0.2, 0.25) is 0 Å². The van der Waals surface area contributed by atoms with Crippen LogP contribution >= 0.6 is 0 Å². The summed E-state index contributed by atoms with van der Waals surface area (Å²) in [5.74, 6) is -1.46. The van der Waals surface area contributed by atoms with Crippen LogP contribution in [0, 0.1) is 5.92 Å². The summed E-state index contributed by atoms with van der Waals surface area (Å²) in [6.07, 6.45) is 0.450. The van der Waals surface area contributed by atoms with Gasteiger partial charge in [0, 0.05) is 25.3 Å². The fourth-order valence-electron chi connectivity index (χ4n) is 1.55. The highest BCUT2D eigenvalue weighted by Crippen LogP contribution is 2.18. The SMILES string of the molecule is CCC(CNC(=O)N(C)c1cccc(O)c1)C(=O)O. The van der Waals surface area contributed by atoms with Crippen LogP contribution in [0.3, 0.4) is 0 Å². The quantitative estimate of drug-likeness (QED) is 0.756. The number of hydrogen-bond acceptors (Lipinski definition) is 3. The zero-order valence-electron chi connectivity index (χ0n) is 11.0. The van der Waals surface area contributed by atoms with Gasteiger partial charge in [0.1, 0.15) is 5.75 Å². The highest BCUT2D eigenvalue weighted by Gasteiger charge is 2.17. The van der Waals surface area contributed by atoms with Crippen molar-refractivity contribution in [3.63, 3.8) is 0 Å². The molecule has 0 fully saturated rings. The van der Waals surface area contributed by atoms with E-state index in [2.05, 4.69) is 5.32 Å². The van der Waals surface area contributed by atoms with Crippen molar-refractivity contribution in [1.82, 2.24) is 5.32 Å². The fourth-order valence-corrected chi connectivity index (χ4v) is 1.55. The van der Waals surface area contributed by atoms with E-state index in [4.69, 9.17) is 5.11 Å². The molecule has 0 aromatic heterocycles. The lowest BCUT2D eigenvalue weighted by atomic mass is 10.1. The largest absolute Gasteiger partial charge is 0.508 e. The number of nitrogens with zero attached hydrogens (tertiary/aromatic N) is 1. The van der Waals surface area contributed by atoms with E-state index >= 15 is 0 Å². The Bertz CT molecular complexity index is 462. The van der Waals surface area contributed by atoms with Crippen LogP contribution in [0.5, 0.6) is 5.75 Å². The van der Waals surface area contributed by atoms with E-state index in [0.29, 0.717) is 12.1 Å². The minimum Gasteiger partial charge on any atom is -0.508 e. The van der Waals surface area contributed by atoms with Crippen molar-refractivity contribution in [3.05, 3.63) is 24.3 Å². The second-order valence-electron chi connectivity index (χ2n) is 4.21. The lowest BCUT2D eigenvalue weighted by molar-refractivity contribution is -0.141. The van der Waals surface area contributed by atoms with E-state index < -0.39 is 17.9 Å². The summed E-state index contributed by atoms with van der Waals surface area (Å²) in [6, 6.07) is 5.85. The van der Waals surface area contributed by atoms with Gasteiger partial charge in [-0.15, -0.1) is 0 Å². The Hall–Kier alpha value is -2.24. The van der Waals surface area contributed by atoms with E-state index in [1.165, 1.54) is 17.0 Å². The van der Waals surface area contributed by atoms with Crippen LogP contribution in [-0.2, 0) is 4.79 Å². The van der Waals surface area contributed by atoms with Gasteiger partial charge in [0.15, 0.2) is 0 Å². The first-order chi connectivity index (χ1) is 8.95. The van der Waals surface area contributed by atoms with Gasteiger partial charge in [0.05, 0.1) is 5.92 Å². The van der Waals surface area contributed by atoms with Crippen LogP contribution in [0.1, 0.15) is 13.3 Å². The summed E-state index contributed by atoms with van der Waals surface area (Å²) in [5.41, 5.74) is 0.529. The minimum absolute atomic E-state index is 0.0640. The molecule has 1 atom stereocenters. The Balaban J connectivity index is 2.61. The molecule has 0 bridgehead atoms. The molecule has 1 unspecified atom stereocenters. The molecule has 2 amide bonds. The number of urea groups is 1. The van der Waals surface area contributed by atoms with Crippen LogP contribution in [-0.4, -0.2) is 35.8 Å². The number of carboxylic acids is 1. The van der Waals surface area contributed by atoms with Crippen LogP contribution in [0.4, 0.5) is 10.5 Å². The fraction of sp³-hybridized carbons (Fsp3) is 0.385. The van der Waals surface area contributed by atoms with Crippen molar-refractivity contribution >= 4 is 17.7 Å². The molecular formula is C13H18N2O4. The summed E-state index contributed by atoms with van der Waals surface area (Å²) in [6.45, 7) is 1.83. The van der Waals surface area contributed by atoms with Crippen molar-refractivity contribution in [2.45, 2.75) is 13.3 Å². The Kier molecular flexibility index (Phi) is 5.17. The third-order valence-electron chi connectivity index (χ3n) is 2.86. The molecule has 0 aliphatic carbocycles. The van der Waals surface area contributed by atoms with Crippen molar-refractivity contribution in [2.24, 2.45) is 5.92 Å². The highest BCUT2D eigenvalue weighted by molar-refractivity contribution is 5.91. The number of carbonyl (C=O) groups excluding carboxylic acids is 1. The molecular weight excluding hydrogens is 248 g/mol. The summed E-state index contributed by atoms with van der Waals surface area (Å²) in [7, 11) is 1.55. The number of carboxylic acid groups (broad SMARTS) is 1. The molecule has 1 aromatic carbocycles. The van der Waals surface area contributed by atoms with Crippen LogP contribution in [0.25, 0.3) is 0 Å². The molecule has 6 heteroatoms. The Morgan fingerprint density at radius 1 is 1.42 bits per heavy atom. The Labute approximate surface area is 111 Å². The predicted molar refractivity (Wildman–Crippen MR) is 71.3 cm³/mol. The maximum Gasteiger partial charge on any atom is 0.321 e. The van der Waals surface area contributed by atoms with Crippen molar-refractivity contribution < 1.29 is 19.8 Å². The first kappa shape index (κ1) is 14.8. The number of benzene rings is 1. The Morgan fingerprint density at radius 3 is 2.63 bits per heavy atom. The molecule has 0 saturated carbocycles. The van der Waals surface area contributed by atoms with E-state index in [0.717, 1.165) is 0 Å². The minimum atomic E-state index is -0.928. The maximum atomic E-state index is 11.8. The number of aromatic hydroxyl groups is 1. The monoisotopic (exact) mass is 266 g/mol. The standard InChI is InChI=1S/C13H18N2O4/c1-3-9(12(17)18)8-14-13(19)15(2)10-5-4-6-11(16)7-10/h4-7,9,16H,3,8H2,1-2H3,(H,14,19)(H,17,18). The van der Waals surface area contributed by atoms with Crippen molar-refractivity contribution in [2.75, 3.05) is 18.5 Å². The zero-order chi connectivity index (χ0) is 14.4. The smallest absolute Gasteiger partial charge is 0.321 e. The number of nitrogens with one attached hydrogen (secondary N) is 1.